The van der Waals surface area contributed by atoms with Gasteiger partial charge in [-0.2, -0.15) is 0 Å². The summed E-state index contributed by atoms with van der Waals surface area (Å²) < 4.78 is 1.03. The molecule has 3 nitrogen and oxygen atoms in total. The van der Waals surface area contributed by atoms with Crippen LogP contribution in [0, 0.1) is 0 Å². The molecule has 0 bridgehead atoms. The van der Waals surface area contributed by atoms with E-state index in [0.717, 1.165) is 23.1 Å². The molecular formula is C15H21BrN2O. The van der Waals surface area contributed by atoms with Gasteiger partial charge in [0.05, 0.1) is 6.42 Å². The lowest BCUT2D eigenvalue weighted by Crippen LogP contribution is -2.35. The minimum Gasteiger partial charge on any atom is -0.344 e. The van der Waals surface area contributed by atoms with Crippen molar-refractivity contribution in [2.24, 2.45) is 0 Å². The summed E-state index contributed by atoms with van der Waals surface area (Å²) in [7, 11) is 1.90. The summed E-state index contributed by atoms with van der Waals surface area (Å²) >= 11 is 3.43. The number of halogens is 1. The van der Waals surface area contributed by atoms with E-state index in [1.807, 2.05) is 36.2 Å². The largest absolute Gasteiger partial charge is 0.344 e. The van der Waals surface area contributed by atoms with Crippen LogP contribution in [0.3, 0.4) is 0 Å². The molecule has 1 aliphatic heterocycles. The number of hydrogen-bond donors (Lipinski definition) is 0. The van der Waals surface area contributed by atoms with Crippen molar-refractivity contribution in [3.8, 4) is 0 Å². The Morgan fingerprint density at radius 1 is 1.37 bits per heavy atom. The van der Waals surface area contributed by atoms with E-state index in [1.165, 1.54) is 25.9 Å². The Labute approximate surface area is 123 Å². The van der Waals surface area contributed by atoms with Crippen molar-refractivity contribution >= 4 is 21.8 Å². The van der Waals surface area contributed by atoms with Gasteiger partial charge in [0.1, 0.15) is 0 Å². The summed E-state index contributed by atoms with van der Waals surface area (Å²) in [6.07, 6.45) is 3.08. The minimum atomic E-state index is 0.192. The molecule has 0 radical (unpaired) electrons. The van der Waals surface area contributed by atoms with Crippen LogP contribution in [-0.4, -0.2) is 48.9 Å². The van der Waals surface area contributed by atoms with Crippen LogP contribution in [0.25, 0.3) is 0 Å². The van der Waals surface area contributed by atoms with Crippen LogP contribution in [0.2, 0.25) is 0 Å². The monoisotopic (exact) mass is 324 g/mol. The first kappa shape index (κ1) is 14.5. The molecular weight excluding hydrogens is 304 g/mol. The summed E-state index contributed by atoms with van der Waals surface area (Å²) in [5.74, 6) is 0.192. The molecule has 0 N–H and O–H groups in total. The highest BCUT2D eigenvalue weighted by molar-refractivity contribution is 9.10. The molecule has 0 atom stereocenters. The number of likely N-dealkylation sites (N-methyl/N-ethyl adjacent to an activating group) is 1. The van der Waals surface area contributed by atoms with Gasteiger partial charge in [-0.05, 0) is 43.6 Å². The molecule has 0 unspecified atom stereocenters. The summed E-state index contributed by atoms with van der Waals surface area (Å²) in [4.78, 5) is 16.4. The van der Waals surface area contributed by atoms with Crippen LogP contribution < -0.4 is 0 Å². The summed E-state index contributed by atoms with van der Waals surface area (Å²) in [5.41, 5.74) is 1.06. The van der Waals surface area contributed by atoms with E-state index in [-0.39, 0.29) is 5.91 Å². The van der Waals surface area contributed by atoms with E-state index in [0.29, 0.717) is 6.42 Å². The molecule has 0 aromatic heterocycles. The van der Waals surface area contributed by atoms with Crippen LogP contribution in [0.15, 0.2) is 28.7 Å². The molecule has 1 amide bonds. The van der Waals surface area contributed by atoms with Crippen molar-refractivity contribution in [2.75, 3.05) is 33.2 Å². The number of hydrogen-bond acceptors (Lipinski definition) is 2. The van der Waals surface area contributed by atoms with Crippen molar-refractivity contribution in [1.29, 1.82) is 0 Å². The van der Waals surface area contributed by atoms with E-state index < -0.39 is 0 Å². The normalized spacial score (nSPS) is 15.7. The van der Waals surface area contributed by atoms with Crippen LogP contribution in [0.4, 0.5) is 0 Å². The van der Waals surface area contributed by atoms with Crippen LogP contribution in [-0.2, 0) is 11.2 Å². The first-order chi connectivity index (χ1) is 9.15. The lowest BCUT2D eigenvalue weighted by atomic mass is 10.1. The molecule has 19 heavy (non-hydrogen) atoms. The molecule has 2 rings (SSSR count). The molecule has 104 valence electrons. The summed E-state index contributed by atoms with van der Waals surface area (Å²) in [5, 5.41) is 0. The Balaban J connectivity index is 1.78. The number of rotatable bonds is 5. The zero-order valence-electron chi connectivity index (χ0n) is 11.4. The van der Waals surface area contributed by atoms with Crippen molar-refractivity contribution in [2.45, 2.75) is 19.3 Å². The maximum absolute atomic E-state index is 12.1. The summed E-state index contributed by atoms with van der Waals surface area (Å²) in [6.45, 7) is 4.20. The van der Waals surface area contributed by atoms with Crippen molar-refractivity contribution < 1.29 is 4.79 Å². The Kier molecular flexibility index (Phi) is 5.40. The third-order valence-corrected chi connectivity index (χ3v) is 4.11. The van der Waals surface area contributed by atoms with Gasteiger partial charge in [-0.3, -0.25) is 4.79 Å². The molecule has 1 saturated heterocycles. The van der Waals surface area contributed by atoms with E-state index in [2.05, 4.69) is 20.8 Å². The van der Waals surface area contributed by atoms with E-state index in [9.17, 15) is 4.79 Å². The first-order valence-corrected chi connectivity index (χ1v) is 7.65. The number of amides is 1. The second-order valence-electron chi connectivity index (χ2n) is 5.17. The van der Waals surface area contributed by atoms with Gasteiger partial charge in [0.15, 0.2) is 0 Å². The van der Waals surface area contributed by atoms with Gasteiger partial charge >= 0.3 is 0 Å². The fraction of sp³-hybridized carbons (Fsp3) is 0.533. The van der Waals surface area contributed by atoms with Crippen LogP contribution >= 0.6 is 15.9 Å². The number of nitrogens with zero attached hydrogens (tertiary/aromatic N) is 2. The number of likely N-dealkylation sites (tertiary alicyclic amines) is 1. The second-order valence-corrected chi connectivity index (χ2v) is 6.09. The Morgan fingerprint density at radius 3 is 2.79 bits per heavy atom. The molecule has 4 heteroatoms. The quantitative estimate of drug-likeness (QED) is 0.831. The SMILES string of the molecule is CN(CCN1CCCC1)C(=O)Cc1cccc(Br)c1. The highest BCUT2D eigenvalue weighted by Gasteiger charge is 2.14. The van der Waals surface area contributed by atoms with Gasteiger partial charge < -0.3 is 9.80 Å². The molecule has 1 aliphatic rings. The van der Waals surface area contributed by atoms with Crippen LogP contribution in [0.1, 0.15) is 18.4 Å². The van der Waals surface area contributed by atoms with Gasteiger partial charge in [0, 0.05) is 24.6 Å². The van der Waals surface area contributed by atoms with Gasteiger partial charge in [0.25, 0.3) is 0 Å². The van der Waals surface area contributed by atoms with E-state index in [1.54, 1.807) is 0 Å². The average Bonchev–Trinajstić information content (AvgIpc) is 2.89. The van der Waals surface area contributed by atoms with Gasteiger partial charge in [-0.25, -0.2) is 0 Å². The Hall–Kier alpha value is -0.870. The van der Waals surface area contributed by atoms with E-state index >= 15 is 0 Å². The van der Waals surface area contributed by atoms with Gasteiger partial charge in [-0.1, -0.05) is 28.1 Å². The maximum Gasteiger partial charge on any atom is 0.226 e. The minimum absolute atomic E-state index is 0.192. The molecule has 0 spiro atoms. The number of benzene rings is 1. The molecule has 0 saturated carbocycles. The second kappa shape index (κ2) is 7.06. The molecule has 1 fully saturated rings. The van der Waals surface area contributed by atoms with Crippen LogP contribution in [0.5, 0.6) is 0 Å². The predicted octanol–water partition coefficient (Wildman–Crippen LogP) is 2.55. The smallest absolute Gasteiger partial charge is 0.226 e. The fourth-order valence-electron chi connectivity index (χ4n) is 2.38. The fourth-order valence-corrected chi connectivity index (χ4v) is 2.83. The molecule has 1 aromatic carbocycles. The standard InChI is InChI=1S/C15H21BrN2O/c1-17(9-10-18-7-2-3-8-18)15(19)12-13-5-4-6-14(16)11-13/h4-6,11H,2-3,7-10,12H2,1H3. The molecule has 0 aliphatic carbocycles. The third-order valence-electron chi connectivity index (χ3n) is 3.62. The predicted molar refractivity (Wildman–Crippen MR) is 81.2 cm³/mol. The lowest BCUT2D eigenvalue weighted by Gasteiger charge is -2.21. The van der Waals surface area contributed by atoms with Gasteiger partial charge in [-0.15, -0.1) is 0 Å². The van der Waals surface area contributed by atoms with Gasteiger partial charge in [0.2, 0.25) is 5.91 Å². The Bertz CT molecular complexity index is 430. The first-order valence-electron chi connectivity index (χ1n) is 6.86. The van der Waals surface area contributed by atoms with Crippen molar-refractivity contribution in [1.82, 2.24) is 9.80 Å². The average molecular weight is 325 g/mol. The van der Waals surface area contributed by atoms with E-state index in [4.69, 9.17) is 0 Å². The lowest BCUT2D eigenvalue weighted by molar-refractivity contribution is -0.129. The summed E-state index contributed by atoms with van der Waals surface area (Å²) in [6, 6.07) is 7.95. The highest BCUT2D eigenvalue weighted by atomic mass is 79.9. The van der Waals surface area contributed by atoms with Crippen molar-refractivity contribution in [3.05, 3.63) is 34.3 Å². The molecule has 1 aromatic rings. The molecule has 1 heterocycles. The topological polar surface area (TPSA) is 23.6 Å². The highest BCUT2D eigenvalue weighted by Crippen LogP contribution is 2.13. The van der Waals surface area contributed by atoms with Crippen molar-refractivity contribution in [3.63, 3.8) is 0 Å². The number of carbonyl (C=O) groups is 1. The zero-order chi connectivity index (χ0) is 13.7. The Morgan fingerprint density at radius 2 is 2.11 bits per heavy atom. The zero-order valence-corrected chi connectivity index (χ0v) is 13.0. The maximum atomic E-state index is 12.1. The third kappa shape index (κ3) is 4.62. The number of carbonyl (C=O) groups excluding carboxylic acids is 1.